The normalized spacial score (nSPS) is 10.0. The van der Waals surface area contributed by atoms with Crippen molar-refractivity contribution < 1.29 is 9.32 Å². The third kappa shape index (κ3) is 3.53. The monoisotopic (exact) mass is 320 g/mol. The van der Waals surface area contributed by atoms with Gasteiger partial charge >= 0.3 is 0 Å². The van der Waals surface area contributed by atoms with Crippen molar-refractivity contribution in [1.82, 2.24) is 15.1 Å². The Balaban J connectivity index is 1.75. The molecule has 0 aliphatic carbocycles. The van der Waals surface area contributed by atoms with Gasteiger partial charge in [-0.2, -0.15) is 5.26 Å². The zero-order chi connectivity index (χ0) is 16.9. The van der Waals surface area contributed by atoms with E-state index in [2.05, 4.69) is 25.8 Å². The molecule has 8 heteroatoms. The average molecular weight is 320 g/mol. The fourth-order valence-electron chi connectivity index (χ4n) is 1.97. The number of hydrogen-bond acceptors (Lipinski definition) is 7. The van der Waals surface area contributed by atoms with Gasteiger partial charge in [-0.3, -0.25) is 4.79 Å². The third-order valence-electron chi connectivity index (χ3n) is 3.03. The zero-order valence-electron chi connectivity index (χ0n) is 12.6. The van der Waals surface area contributed by atoms with E-state index in [1.165, 1.54) is 12.4 Å². The summed E-state index contributed by atoms with van der Waals surface area (Å²) in [5.41, 5.74) is 1.15. The lowest BCUT2D eigenvalue weighted by molar-refractivity contribution is 0.102. The molecule has 0 fully saturated rings. The van der Waals surface area contributed by atoms with E-state index in [4.69, 9.17) is 9.78 Å². The van der Waals surface area contributed by atoms with Crippen molar-refractivity contribution in [2.24, 2.45) is 0 Å². The van der Waals surface area contributed by atoms with Crippen molar-refractivity contribution in [3.63, 3.8) is 0 Å². The Morgan fingerprint density at radius 2 is 2.08 bits per heavy atom. The number of nitrogens with zero attached hydrogens (tertiary/aromatic N) is 4. The van der Waals surface area contributed by atoms with Crippen LogP contribution in [0.2, 0.25) is 0 Å². The highest BCUT2D eigenvalue weighted by Gasteiger charge is 2.10. The molecule has 0 unspecified atom stereocenters. The Kier molecular flexibility index (Phi) is 4.16. The van der Waals surface area contributed by atoms with E-state index >= 15 is 0 Å². The second kappa shape index (κ2) is 6.58. The first kappa shape index (κ1) is 15.2. The molecule has 3 rings (SSSR count). The molecule has 0 atom stereocenters. The largest absolute Gasteiger partial charge is 0.360 e. The second-order valence-corrected chi connectivity index (χ2v) is 4.88. The van der Waals surface area contributed by atoms with Crippen LogP contribution in [-0.4, -0.2) is 21.0 Å². The van der Waals surface area contributed by atoms with Crippen LogP contribution in [0, 0.1) is 18.3 Å². The summed E-state index contributed by atoms with van der Waals surface area (Å²) in [5.74, 6) is 1.14. The minimum atomic E-state index is -0.410. The van der Waals surface area contributed by atoms with Crippen LogP contribution in [0.25, 0.3) is 0 Å². The molecule has 0 saturated heterocycles. The van der Waals surface area contributed by atoms with Crippen LogP contribution in [0.3, 0.4) is 0 Å². The Morgan fingerprint density at radius 3 is 2.83 bits per heavy atom. The molecule has 2 N–H and O–H groups in total. The van der Waals surface area contributed by atoms with Crippen LogP contribution >= 0.6 is 0 Å². The fourth-order valence-corrected chi connectivity index (χ4v) is 1.97. The van der Waals surface area contributed by atoms with Gasteiger partial charge in [0.2, 0.25) is 0 Å². The Labute approximate surface area is 137 Å². The number of carbonyl (C=O) groups excluding carboxylic acids is 1. The van der Waals surface area contributed by atoms with E-state index in [9.17, 15) is 4.79 Å². The summed E-state index contributed by atoms with van der Waals surface area (Å²) in [6.45, 7) is 1.77. The highest BCUT2D eigenvalue weighted by molar-refractivity contribution is 6.03. The number of amides is 1. The Morgan fingerprint density at radius 1 is 1.21 bits per heavy atom. The van der Waals surface area contributed by atoms with Crippen molar-refractivity contribution in [3.8, 4) is 6.07 Å². The fraction of sp³-hybridized carbons (Fsp3) is 0.0625. The molecule has 1 aromatic carbocycles. The molecule has 0 aliphatic rings. The maximum atomic E-state index is 12.3. The van der Waals surface area contributed by atoms with Gasteiger partial charge in [0.1, 0.15) is 23.6 Å². The number of nitrogens with one attached hydrogen (secondary N) is 2. The molecule has 3 aromatic rings. The number of aromatic nitrogens is 3. The van der Waals surface area contributed by atoms with E-state index in [1.807, 2.05) is 6.07 Å². The van der Waals surface area contributed by atoms with Crippen LogP contribution in [-0.2, 0) is 0 Å². The summed E-state index contributed by atoms with van der Waals surface area (Å²) >= 11 is 0. The first-order valence-corrected chi connectivity index (χ1v) is 6.98. The standard InChI is InChI=1S/C16H12N6O2/c1-10-5-15(22-24-10)21-14-7-13(18-9-19-14)16(23)20-12-4-2-3-11(6-12)8-17/h2-7,9H,1H3,(H,20,23)(H,18,19,21,22). The summed E-state index contributed by atoms with van der Waals surface area (Å²) in [6.07, 6.45) is 1.27. The molecule has 0 bridgehead atoms. The van der Waals surface area contributed by atoms with Crippen molar-refractivity contribution in [1.29, 1.82) is 5.26 Å². The molecule has 0 spiro atoms. The number of carbonyl (C=O) groups is 1. The summed E-state index contributed by atoms with van der Waals surface area (Å²) < 4.78 is 4.95. The van der Waals surface area contributed by atoms with Crippen molar-refractivity contribution in [2.75, 3.05) is 10.6 Å². The molecular formula is C16H12N6O2. The van der Waals surface area contributed by atoms with Crippen LogP contribution in [0.4, 0.5) is 17.3 Å². The van der Waals surface area contributed by atoms with Gasteiger partial charge in [0.15, 0.2) is 5.82 Å². The second-order valence-electron chi connectivity index (χ2n) is 4.88. The molecule has 0 radical (unpaired) electrons. The number of rotatable bonds is 4. The van der Waals surface area contributed by atoms with Crippen molar-refractivity contribution in [2.45, 2.75) is 6.92 Å². The van der Waals surface area contributed by atoms with E-state index in [1.54, 1.807) is 37.3 Å². The summed E-state index contributed by atoms with van der Waals surface area (Å²) in [7, 11) is 0. The average Bonchev–Trinajstić information content (AvgIpc) is 3.00. The number of nitriles is 1. The lowest BCUT2D eigenvalue weighted by atomic mass is 10.2. The zero-order valence-corrected chi connectivity index (χ0v) is 12.6. The minimum Gasteiger partial charge on any atom is -0.360 e. The van der Waals surface area contributed by atoms with Crippen LogP contribution < -0.4 is 10.6 Å². The Bertz CT molecular complexity index is 928. The van der Waals surface area contributed by atoms with Gasteiger partial charge in [0.25, 0.3) is 5.91 Å². The highest BCUT2D eigenvalue weighted by Crippen LogP contribution is 2.15. The van der Waals surface area contributed by atoms with Crippen LogP contribution in [0.15, 0.2) is 47.2 Å². The molecule has 0 aliphatic heterocycles. The van der Waals surface area contributed by atoms with Crippen molar-refractivity contribution in [3.05, 3.63) is 59.7 Å². The van der Waals surface area contributed by atoms with Gasteiger partial charge in [-0.1, -0.05) is 11.2 Å². The van der Waals surface area contributed by atoms with Gasteiger partial charge in [-0.25, -0.2) is 9.97 Å². The summed E-state index contributed by atoms with van der Waals surface area (Å²) in [6, 6.07) is 11.8. The maximum absolute atomic E-state index is 12.3. The first-order valence-electron chi connectivity index (χ1n) is 6.98. The quantitative estimate of drug-likeness (QED) is 0.758. The molecule has 1 amide bonds. The minimum absolute atomic E-state index is 0.176. The molecule has 118 valence electrons. The van der Waals surface area contributed by atoms with Gasteiger partial charge in [-0.05, 0) is 25.1 Å². The van der Waals surface area contributed by atoms with Crippen LogP contribution in [0.5, 0.6) is 0 Å². The van der Waals surface area contributed by atoms with E-state index in [-0.39, 0.29) is 5.69 Å². The molecule has 24 heavy (non-hydrogen) atoms. The smallest absolute Gasteiger partial charge is 0.274 e. The van der Waals surface area contributed by atoms with Gasteiger partial charge < -0.3 is 15.2 Å². The van der Waals surface area contributed by atoms with E-state index < -0.39 is 5.91 Å². The predicted molar refractivity (Wildman–Crippen MR) is 85.7 cm³/mol. The van der Waals surface area contributed by atoms with E-state index in [0.29, 0.717) is 28.6 Å². The van der Waals surface area contributed by atoms with E-state index in [0.717, 1.165) is 0 Å². The first-order chi connectivity index (χ1) is 11.6. The number of anilines is 3. The molecule has 0 saturated carbocycles. The SMILES string of the molecule is Cc1cc(Nc2cc(C(=O)Nc3cccc(C#N)c3)ncn2)no1. The predicted octanol–water partition coefficient (Wildman–Crippen LogP) is 2.64. The van der Waals surface area contributed by atoms with Crippen LogP contribution in [0.1, 0.15) is 21.8 Å². The lowest BCUT2D eigenvalue weighted by Gasteiger charge is -2.06. The third-order valence-corrected chi connectivity index (χ3v) is 3.03. The summed E-state index contributed by atoms with van der Waals surface area (Å²) in [5, 5.41) is 18.3. The number of aryl methyl sites for hydroxylation is 1. The molecule has 2 heterocycles. The Hall–Kier alpha value is -3.73. The molecular weight excluding hydrogens is 308 g/mol. The summed E-state index contributed by atoms with van der Waals surface area (Å²) in [4.78, 5) is 20.3. The maximum Gasteiger partial charge on any atom is 0.274 e. The van der Waals surface area contributed by atoms with Gasteiger partial charge in [0.05, 0.1) is 11.6 Å². The lowest BCUT2D eigenvalue weighted by Crippen LogP contribution is -2.14. The molecule has 2 aromatic heterocycles. The number of hydrogen-bond donors (Lipinski definition) is 2. The highest BCUT2D eigenvalue weighted by atomic mass is 16.5. The topological polar surface area (TPSA) is 117 Å². The van der Waals surface area contributed by atoms with Gasteiger partial charge in [0, 0.05) is 17.8 Å². The molecule has 8 nitrogen and oxygen atoms in total. The van der Waals surface area contributed by atoms with Gasteiger partial charge in [-0.15, -0.1) is 0 Å². The number of benzene rings is 1. The van der Waals surface area contributed by atoms with Crippen molar-refractivity contribution >= 4 is 23.2 Å².